The van der Waals surface area contributed by atoms with Crippen molar-refractivity contribution in [1.82, 2.24) is 5.32 Å². The van der Waals surface area contributed by atoms with Crippen LogP contribution in [0.1, 0.15) is 39.5 Å². The summed E-state index contributed by atoms with van der Waals surface area (Å²) in [5.41, 5.74) is -0.424. The second-order valence-electron chi connectivity index (χ2n) is 5.54. The minimum atomic E-state index is -0.886. The summed E-state index contributed by atoms with van der Waals surface area (Å²) < 4.78 is 0. The van der Waals surface area contributed by atoms with Crippen LogP contribution in [-0.2, 0) is 9.59 Å². The molecule has 2 unspecified atom stereocenters. The molecule has 0 saturated heterocycles. The van der Waals surface area contributed by atoms with Crippen molar-refractivity contribution in [2.24, 2.45) is 17.3 Å². The molecule has 0 spiro atoms. The lowest BCUT2D eigenvalue weighted by molar-refractivity contribution is -0.140. The van der Waals surface area contributed by atoms with E-state index in [1.54, 1.807) is 0 Å². The van der Waals surface area contributed by atoms with Gasteiger partial charge in [-0.05, 0) is 18.3 Å². The van der Waals surface area contributed by atoms with Crippen LogP contribution in [0.15, 0.2) is 0 Å². The molecule has 1 amide bonds. The average Bonchev–Trinajstić information content (AvgIpc) is 2.86. The largest absolute Gasteiger partial charge is 0.481 e. The Labute approximate surface area is 108 Å². The van der Waals surface area contributed by atoms with Gasteiger partial charge in [0.05, 0.1) is 11.8 Å². The van der Waals surface area contributed by atoms with Crippen LogP contribution < -0.4 is 5.32 Å². The van der Waals surface area contributed by atoms with E-state index in [0.717, 1.165) is 25.7 Å². The summed E-state index contributed by atoms with van der Waals surface area (Å²) in [7, 11) is 0. The fourth-order valence-corrected chi connectivity index (χ4v) is 2.50. The highest BCUT2D eigenvalue weighted by Crippen LogP contribution is 2.58. The number of aliphatic hydroxyl groups excluding tert-OH is 1. The number of aliphatic carboxylic acids is 1. The van der Waals surface area contributed by atoms with E-state index in [1.165, 1.54) is 0 Å². The molecule has 5 heteroatoms. The maximum Gasteiger partial charge on any atom is 0.307 e. The van der Waals surface area contributed by atoms with Gasteiger partial charge >= 0.3 is 5.97 Å². The Hall–Kier alpha value is -1.10. The summed E-state index contributed by atoms with van der Waals surface area (Å²) in [6.07, 6.45) is 3.59. The number of unbranched alkanes of at least 4 members (excludes halogenated alkanes) is 3. The molecule has 1 aliphatic carbocycles. The summed E-state index contributed by atoms with van der Waals surface area (Å²) >= 11 is 0. The lowest BCUT2D eigenvalue weighted by Crippen LogP contribution is -2.28. The van der Waals surface area contributed by atoms with E-state index >= 15 is 0 Å². The van der Waals surface area contributed by atoms with Crippen molar-refractivity contribution >= 4 is 11.9 Å². The topological polar surface area (TPSA) is 86.6 Å². The second-order valence-corrected chi connectivity index (χ2v) is 5.54. The van der Waals surface area contributed by atoms with Gasteiger partial charge in [-0.1, -0.05) is 26.7 Å². The SMILES string of the molecule is CC1(C)C(C(=O)O)C1C(=O)NCCCCCCO. The lowest BCUT2D eigenvalue weighted by Gasteiger charge is -2.05. The van der Waals surface area contributed by atoms with Crippen LogP contribution in [0.4, 0.5) is 0 Å². The molecule has 18 heavy (non-hydrogen) atoms. The molecule has 1 aliphatic rings. The van der Waals surface area contributed by atoms with E-state index in [2.05, 4.69) is 5.32 Å². The zero-order chi connectivity index (χ0) is 13.8. The van der Waals surface area contributed by atoms with Gasteiger partial charge in [-0.25, -0.2) is 0 Å². The Kier molecular flexibility index (Phi) is 5.14. The molecule has 2 atom stereocenters. The first-order chi connectivity index (χ1) is 8.42. The third-order valence-electron chi connectivity index (χ3n) is 3.76. The number of aliphatic hydroxyl groups is 1. The summed E-state index contributed by atoms with van der Waals surface area (Å²) in [5, 5.41) is 20.4. The van der Waals surface area contributed by atoms with Crippen LogP contribution in [0.3, 0.4) is 0 Å². The Bertz CT molecular complexity index is 314. The molecule has 0 aliphatic heterocycles. The van der Waals surface area contributed by atoms with Gasteiger partial charge in [0.15, 0.2) is 0 Å². The molecule has 104 valence electrons. The minimum absolute atomic E-state index is 0.144. The predicted octanol–water partition coefficient (Wildman–Crippen LogP) is 1.01. The van der Waals surface area contributed by atoms with Crippen LogP contribution in [0, 0.1) is 17.3 Å². The first kappa shape index (κ1) is 15.0. The number of carbonyl (C=O) groups is 2. The van der Waals surface area contributed by atoms with Crippen molar-refractivity contribution in [2.45, 2.75) is 39.5 Å². The molecule has 3 N–H and O–H groups in total. The van der Waals surface area contributed by atoms with Crippen LogP contribution in [-0.4, -0.2) is 35.2 Å². The van der Waals surface area contributed by atoms with Crippen molar-refractivity contribution < 1.29 is 19.8 Å². The molecule has 5 nitrogen and oxygen atoms in total. The molecule has 0 aromatic heterocycles. The van der Waals surface area contributed by atoms with Gasteiger partial charge in [0, 0.05) is 13.2 Å². The highest BCUT2D eigenvalue weighted by molar-refractivity contribution is 5.91. The Morgan fingerprint density at radius 3 is 2.22 bits per heavy atom. The van der Waals surface area contributed by atoms with E-state index in [4.69, 9.17) is 10.2 Å². The smallest absolute Gasteiger partial charge is 0.307 e. The Balaban J connectivity index is 2.21. The molecule has 0 aromatic rings. The normalized spacial score (nSPS) is 24.6. The zero-order valence-electron chi connectivity index (χ0n) is 11.1. The summed E-state index contributed by atoms with van der Waals surface area (Å²) in [6, 6.07) is 0. The Morgan fingerprint density at radius 2 is 1.72 bits per heavy atom. The highest BCUT2D eigenvalue weighted by Gasteiger charge is 2.65. The van der Waals surface area contributed by atoms with Crippen molar-refractivity contribution in [1.29, 1.82) is 0 Å². The number of rotatable bonds is 8. The number of hydrogen-bond donors (Lipinski definition) is 3. The monoisotopic (exact) mass is 257 g/mol. The van der Waals surface area contributed by atoms with Gasteiger partial charge < -0.3 is 15.5 Å². The van der Waals surface area contributed by atoms with Gasteiger partial charge in [-0.15, -0.1) is 0 Å². The van der Waals surface area contributed by atoms with Gasteiger partial charge in [0.2, 0.25) is 5.91 Å². The molecule has 0 bridgehead atoms. The molecule has 0 radical (unpaired) electrons. The highest BCUT2D eigenvalue weighted by atomic mass is 16.4. The van der Waals surface area contributed by atoms with Gasteiger partial charge in [0.1, 0.15) is 0 Å². The van der Waals surface area contributed by atoms with E-state index in [-0.39, 0.29) is 12.5 Å². The maximum absolute atomic E-state index is 11.8. The Morgan fingerprint density at radius 1 is 1.11 bits per heavy atom. The van der Waals surface area contributed by atoms with E-state index in [9.17, 15) is 9.59 Å². The van der Waals surface area contributed by atoms with E-state index in [1.807, 2.05) is 13.8 Å². The number of carboxylic acids is 1. The molecule has 1 saturated carbocycles. The van der Waals surface area contributed by atoms with Crippen molar-refractivity contribution in [3.63, 3.8) is 0 Å². The second kappa shape index (κ2) is 6.18. The molecule has 0 aromatic carbocycles. The molecular weight excluding hydrogens is 234 g/mol. The average molecular weight is 257 g/mol. The maximum atomic E-state index is 11.8. The van der Waals surface area contributed by atoms with Crippen LogP contribution in [0.2, 0.25) is 0 Å². The van der Waals surface area contributed by atoms with Gasteiger partial charge in [0.25, 0.3) is 0 Å². The number of hydrogen-bond acceptors (Lipinski definition) is 3. The van der Waals surface area contributed by atoms with E-state index < -0.39 is 23.2 Å². The first-order valence-electron chi connectivity index (χ1n) is 6.54. The fraction of sp³-hybridized carbons (Fsp3) is 0.846. The number of carboxylic acid groups (broad SMARTS) is 1. The molecule has 1 fully saturated rings. The summed E-state index contributed by atoms with van der Waals surface area (Å²) in [5.74, 6) is -1.98. The quantitative estimate of drug-likeness (QED) is 0.566. The van der Waals surface area contributed by atoms with Crippen LogP contribution in [0.25, 0.3) is 0 Å². The third-order valence-corrected chi connectivity index (χ3v) is 3.76. The minimum Gasteiger partial charge on any atom is -0.481 e. The molecule has 0 heterocycles. The van der Waals surface area contributed by atoms with Crippen molar-refractivity contribution in [3.05, 3.63) is 0 Å². The van der Waals surface area contributed by atoms with Gasteiger partial charge in [-0.3, -0.25) is 9.59 Å². The standard InChI is InChI=1S/C13H23NO4/c1-13(2)9(10(13)12(17)18)11(16)14-7-5-3-4-6-8-15/h9-10,15H,3-8H2,1-2H3,(H,14,16)(H,17,18). The fourth-order valence-electron chi connectivity index (χ4n) is 2.50. The van der Waals surface area contributed by atoms with Crippen LogP contribution >= 0.6 is 0 Å². The van der Waals surface area contributed by atoms with Crippen molar-refractivity contribution in [3.8, 4) is 0 Å². The zero-order valence-corrected chi connectivity index (χ0v) is 11.1. The lowest BCUT2D eigenvalue weighted by atomic mass is 10.1. The van der Waals surface area contributed by atoms with E-state index in [0.29, 0.717) is 6.54 Å². The number of amides is 1. The number of nitrogens with one attached hydrogen (secondary N) is 1. The predicted molar refractivity (Wildman–Crippen MR) is 67.0 cm³/mol. The molecule has 1 rings (SSSR count). The number of carbonyl (C=O) groups excluding carboxylic acids is 1. The molecular formula is C13H23NO4. The third kappa shape index (κ3) is 3.45. The van der Waals surface area contributed by atoms with Crippen LogP contribution in [0.5, 0.6) is 0 Å². The first-order valence-corrected chi connectivity index (χ1v) is 6.54. The van der Waals surface area contributed by atoms with Gasteiger partial charge in [-0.2, -0.15) is 0 Å². The summed E-state index contributed by atoms with van der Waals surface area (Å²) in [6.45, 7) is 4.43. The van der Waals surface area contributed by atoms with Crippen molar-refractivity contribution in [2.75, 3.05) is 13.2 Å². The summed E-state index contributed by atoms with van der Waals surface area (Å²) in [4.78, 5) is 22.7.